The molecule has 0 radical (unpaired) electrons. The normalized spacial score (nSPS) is 11.6. The molecule has 0 unspecified atom stereocenters. The third kappa shape index (κ3) is 3.03. The molecular formula is C14H10Cl2FN. The summed E-state index contributed by atoms with van der Waals surface area (Å²) in [6.07, 6.45) is 1.66. The fourth-order valence-electron chi connectivity index (χ4n) is 1.58. The molecule has 0 spiro atoms. The number of nitrogens with two attached hydrogens (primary N) is 1. The molecule has 0 atom stereocenters. The van der Waals surface area contributed by atoms with Crippen LogP contribution in [0.15, 0.2) is 42.5 Å². The zero-order valence-electron chi connectivity index (χ0n) is 9.33. The van der Waals surface area contributed by atoms with Gasteiger partial charge in [0.25, 0.3) is 0 Å². The van der Waals surface area contributed by atoms with Crippen LogP contribution in [0.2, 0.25) is 10.0 Å². The first-order valence-electron chi connectivity index (χ1n) is 5.24. The second kappa shape index (κ2) is 5.42. The van der Waals surface area contributed by atoms with E-state index < -0.39 is 5.82 Å². The first-order chi connectivity index (χ1) is 8.56. The highest BCUT2D eigenvalue weighted by Crippen LogP contribution is 2.21. The minimum absolute atomic E-state index is 0.319. The maximum Gasteiger partial charge on any atom is 0.133 e. The fraction of sp³-hybridized carbons (Fsp3) is 0. The van der Waals surface area contributed by atoms with Crippen LogP contribution in [0.1, 0.15) is 11.1 Å². The molecule has 18 heavy (non-hydrogen) atoms. The maximum atomic E-state index is 13.7. The van der Waals surface area contributed by atoms with E-state index in [1.807, 2.05) is 6.07 Å². The summed E-state index contributed by atoms with van der Waals surface area (Å²) in [4.78, 5) is 0. The van der Waals surface area contributed by atoms with Gasteiger partial charge >= 0.3 is 0 Å². The van der Waals surface area contributed by atoms with Crippen LogP contribution in [0.5, 0.6) is 0 Å². The van der Waals surface area contributed by atoms with E-state index in [0.29, 0.717) is 21.3 Å². The summed E-state index contributed by atoms with van der Waals surface area (Å²) in [5.41, 5.74) is 7.32. The number of hydrogen-bond donors (Lipinski definition) is 1. The van der Waals surface area contributed by atoms with Gasteiger partial charge in [-0.15, -0.1) is 0 Å². The molecule has 92 valence electrons. The minimum Gasteiger partial charge on any atom is -0.398 e. The molecule has 0 saturated heterocycles. The smallest absolute Gasteiger partial charge is 0.133 e. The summed E-state index contributed by atoms with van der Waals surface area (Å²) >= 11 is 11.5. The summed E-state index contributed by atoms with van der Waals surface area (Å²) in [7, 11) is 0. The molecule has 1 nitrogen and oxygen atoms in total. The molecular weight excluding hydrogens is 272 g/mol. The Kier molecular flexibility index (Phi) is 3.90. The molecule has 0 bridgehead atoms. The van der Waals surface area contributed by atoms with Crippen LogP contribution in [0.4, 0.5) is 4.39 Å². The second-order valence-electron chi connectivity index (χ2n) is 3.78. The van der Waals surface area contributed by atoms with Gasteiger partial charge in [-0.3, -0.25) is 0 Å². The predicted octanol–water partition coefficient (Wildman–Crippen LogP) is 4.59. The highest BCUT2D eigenvalue weighted by atomic mass is 35.5. The molecule has 0 aromatic heterocycles. The van der Waals surface area contributed by atoms with Crippen LogP contribution in [-0.2, 0) is 0 Å². The van der Waals surface area contributed by atoms with Gasteiger partial charge in [-0.25, -0.2) is 4.39 Å². The molecule has 0 aliphatic heterocycles. The Balaban J connectivity index is 2.39. The highest BCUT2D eigenvalue weighted by Gasteiger charge is 2.05. The van der Waals surface area contributed by atoms with Crippen molar-refractivity contribution in [3.05, 3.63) is 69.5 Å². The molecule has 0 aliphatic carbocycles. The quantitative estimate of drug-likeness (QED) is 0.801. The van der Waals surface area contributed by atoms with Gasteiger partial charge in [-0.2, -0.15) is 0 Å². The third-order valence-corrected chi connectivity index (χ3v) is 2.88. The summed E-state index contributed by atoms with van der Waals surface area (Å²) in [5, 5.41) is 0.944. The lowest BCUT2D eigenvalue weighted by molar-refractivity contribution is 0.624. The molecule has 0 aliphatic rings. The number of benzene rings is 2. The number of halogens is 3. The summed E-state index contributed by atoms with van der Waals surface area (Å²) in [6, 6.07) is 11.5. The van der Waals surface area contributed by atoms with Gasteiger partial charge in [0.15, 0.2) is 0 Å². The minimum atomic E-state index is -0.446. The Morgan fingerprint density at radius 1 is 1.06 bits per heavy atom. The van der Waals surface area contributed by atoms with Crippen molar-refractivity contribution in [3.63, 3.8) is 0 Å². The lowest BCUT2D eigenvalue weighted by Gasteiger charge is -2.04. The van der Waals surface area contributed by atoms with Gasteiger partial charge in [0.1, 0.15) is 5.82 Å². The standard InChI is InChI=1S/C14H10Cl2FN/c15-10-3-1-2-9(6-10)7-14(18)12-5-4-11(16)8-13(12)17/h1-8H,18H2/b14-7-. The molecule has 2 aromatic carbocycles. The lowest BCUT2D eigenvalue weighted by atomic mass is 10.1. The average Bonchev–Trinajstić information content (AvgIpc) is 2.28. The van der Waals surface area contributed by atoms with E-state index in [1.165, 1.54) is 6.07 Å². The van der Waals surface area contributed by atoms with Crippen molar-refractivity contribution < 1.29 is 4.39 Å². The second-order valence-corrected chi connectivity index (χ2v) is 4.65. The van der Waals surface area contributed by atoms with Crippen molar-refractivity contribution in [3.8, 4) is 0 Å². The Hall–Kier alpha value is -1.51. The van der Waals surface area contributed by atoms with Gasteiger partial charge in [0.05, 0.1) is 0 Å². The van der Waals surface area contributed by atoms with E-state index >= 15 is 0 Å². The molecule has 2 N–H and O–H groups in total. The van der Waals surface area contributed by atoms with Gasteiger partial charge in [0.2, 0.25) is 0 Å². The van der Waals surface area contributed by atoms with Gasteiger partial charge in [-0.05, 0) is 42.0 Å². The zero-order valence-corrected chi connectivity index (χ0v) is 10.8. The van der Waals surface area contributed by atoms with Crippen molar-refractivity contribution in [1.82, 2.24) is 0 Å². The van der Waals surface area contributed by atoms with E-state index in [0.717, 1.165) is 5.56 Å². The number of hydrogen-bond acceptors (Lipinski definition) is 1. The largest absolute Gasteiger partial charge is 0.398 e. The summed E-state index contributed by atoms with van der Waals surface area (Å²) in [5.74, 6) is -0.446. The first kappa shape index (κ1) is 12.9. The lowest BCUT2D eigenvalue weighted by Crippen LogP contribution is -1.99. The van der Waals surface area contributed by atoms with E-state index in [-0.39, 0.29) is 0 Å². The van der Waals surface area contributed by atoms with Crippen molar-refractivity contribution in [2.24, 2.45) is 5.73 Å². The van der Waals surface area contributed by atoms with E-state index in [2.05, 4.69) is 0 Å². The van der Waals surface area contributed by atoms with Gasteiger partial charge < -0.3 is 5.73 Å². The van der Waals surface area contributed by atoms with Crippen molar-refractivity contribution in [2.45, 2.75) is 0 Å². The van der Waals surface area contributed by atoms with Crippen LogP contribution in [-0.4, -0.2) is 0 Å². The Morgan fingerprint density at radius 2 is 1.78 bits per heavy atom. The Morgan fingerprint density at radius 3 is 2.44 bits per heavy atom. The molecule has 2 rings (SSSR count). The number of rotatable bonds is 2. The SMILES string of the molecule is N/C(=C\c1cccc(Cl)c1)c1ccc(Cl)cc1F. The molecule has 0 fully saturated rings. The molecule has 0 heterocycles. The van der Waals surface area contributed by atoms with Gasteiger partial charge in [0, 0.05) is 21.3 Å². The van der Waals surface area contributed by atoms with Crippen LogP contribution in [0.3, 0.4) is 0 Å². The van der Waals surface area contributed by atoms with Crippen molar-refractivity contribution in [1.29, 1.82) is 0 Å². The van der Waals surface area contributed by atoms with Crippen molar-refractivity contribution >= 4 is 35.0 Å². The van der Waals surface area contributed by atoms with Gasteiger partial charge in [-0.1, -0.05) is 35.3 Å². The molecule has 0 amide bonds. The molecule has 4 heteroatoms. The van der Waals surface area contributed by atoms with E-state index in [4.69, 9.17) is 28.9 Å². The Bertz CT molecular complexity index is 608. The fourth-order valence-corrected chi connectivity index (χ4v) is 1.93. The van der Waals surface area contributed by atoms with Crippen molar-refractivity contribution in [2.75, 3.05) is 0 Å². The topological polar surface area (TPSA) is 26.0 Å². The van der Waals surface area contributed by atoms with E-state index in [9.17, 15) is 4.39 Å². The maximum absolute atomic E-state index is 13.7. The highest BCUT2D eigenvalue weighted by molar-refractivity contribution is 6.31. The first-order valence-corrected chi connectivity index (χ1v) is 6.00. The monoisotopic (exact) mass is 281 g/mol. The average molecular weight is 282 g/mol. The summed E-state index contributed by atoms with van der Waals surface area (Å²) in [6.45, 7) is 0. The van der Waals surface area contributed by atoms with E-state index in [1.54, 1.807) is 36.4 Å². The third-order valence-electron chi connectivity index (χ3n) is 2.41. The predicted molar refractivity (Wildman–Crippen MR) is 74.9 cm³/mol. The summed E-state index contributed by atoms with van der Waals surface area (Å²) < 4.78 is 13.7. The zero-order chi connectivity index (χ0) is 13.1. The van der Waals surface area contributed by atoms with Crippen LogP contribution in [0.25, 0.3) is 11.8 Å². The molecule has 2 aromatic rings. The van der Waals surface area contributed by atoms with Crippen LogP contribution in [0, 0.1) is 5.82 Å². The molecule has 0 saturated carbocycles. The van der Waals surface area contributed by atoms with Crippen LogP contribution < -0.4 is 5.73 Å². The van der Waals surface area contributed by atoms with Crippen LogP contribution >= 0.6 is 23.2 Å². The Labute approximate surface area is 115 Å².